The smallest absolute Gasteiger partial charge is 0.131 e. The second-order valence-electron chi connectivity index (χ2n) is 5.99. The molecule has 1 aliphatic heterocycles. The maximum Gasteiger partial charge on any atom is 0.131 e. The van der Waals surface area contributed by atoms with Gasteiger partial charge in [0.05, 0.1) is 17.1 Å². The fourth-order valence-electron chi connectivity index (χ4n) is 3.41. The van der Waals surface area contributed by atoms with E-state index in [0.717, 1.165) is 37.5 Å². The van der Waals surface area contributed by atoms with E-state index in [2.05, 4.69) is 51.1 Å². The minimum atomic E-state index is 0.142. The first-order chi connectivity index (χ1) is 11.3. The van der Waals surface area contributed by atoms with Crippen molar-refractivity contribution in [3.63, 3.8) is 0 Å². The topological polar surface area (TPSA) is 46.0 Å². The van der Waals surface area contributed by atoms with Crippen molar-refractivity contribution in [1.82, 2.24) is 24.8 Å². The van der Waals surface area contributed by atoms with Crippen molar-refractivity contribution >= 4 is 11.0 Å². The summed E-state index contributed by atoms with van der Waals surface area (Å²) in [6, 6.07) is 12.6. The van der Waals surface area contributed by atoms with Gasteiger partial charge in [-0.2, -0.15) is 0 Å². The van der Waals surface area contributed by atoms with Gasteiger partial charge in [-0.1, -0.05) is 18.2 Å². The fourth-order valence-corrected chi connectivity index (χ4v) is 3.41. The maximum absolute atomic E-state index is 4.94. The summed E-state index contributed by atoms with van der Waals surface area (Å²) >= 11 is 0. The molecule has 3 aromatic rings. The molecule has 0 spiro atoms. The zero-order chi connectivity index (χ0) is 15.6. The van der Waals surface area contributed by atoms with Crippen LogP contribution in [0.15, 0.2) is 48.8 Å². The van der Waals surface area contributed by atoms with Gasteiger partial charge in [-0.3, -0.25) is 9.88 Å². The van der Waals surface area contributed by atoms with Gasteiger partial charge in [0.15, 0.2) is 0 Å². The van der Waals surface area contributed by atoms with Crippen molar-refractivity contribution in [1.29, 1.82) is 0 Å². The quantitative estimate of drug-likeness (QED) is 0.803. The van der Waals surface area contributed by atoms with Gasteiger partial charge in [0.1, 0.15) is 5.82 Å². The zero-order valence-corrected chi connectivity index (χ0v) is 13.3. The summed E-state index contributed by atoms with van der Waals surface area (Å²) in [5, 5.41) is 3.43. The Morgan fingerprint density at radius 1 is 1.09 bits per heavy atom. The van der Waals surface area contributed by atoms with E-state index in [0.29, 0.717) is 0 Å². The van der Waals surface area contributed by atoms with Crippen LogP contribution in [-0.4, -0.2) is 45.6 Å². The number of fused-ring (bicyclic) bond motifs is 1. The number of imidazole rings is 1. The van der Waals surface area contributed by atoms with Crippen LogP contribution >= 0.6 is 0 Å². The monoisotopic (exact) mass is 307 g/mol. The Bertz CT molecular complexity index is 790. The van der Waals surface area contributed by atoms with Crippen molar-refractivity contribution in [2.45, 2.75) is 6.04 Å². The molecule has 4 rings (SSSR count). The average molecular weight is 307 g/mol. The number of hydrogen-bond donors (Lipinski definition) is 1. The van der Waals surface area contributed by atoms with Crippen molar-refractivity contribution in [3.8, 4) is 0 Å². The molecule has 1 unspecified atom stereocenters. The van der Waals surface area contributed by atoms with E-state index in [1.54, 1.807) is 0 Å². The number of pyridine rings is 1. The molecule has 23 heavy (non-hydrogen) atoms. The molecule has 1 saturated heterocycles. The number of aromatic nitrogens is 3. The van der Waals surface area contributed by atoms with Gasteiger partial charge in [-0.05, 0) is 23.8 Å². The molecule has 5 nitrogen and oxygen atoms in total. The molecule has 118 valence electrons. The highest BCUT2D eigenvalue weighted by molar-refractivity contribution is 5.76. The molecule has 0 aliphatic carbocycles. The summed E-state index contributed by atoms with van der Waals surface area (Å²) in [5.74, 6) is 1.08. The van der Waals surface area contributed by atoms with Crippen LogP contribution in [0.2, 0.25) is 0 Å². The average Bonchev–Trinajstić information content (AvgIpc) is 2.94. The standard InChI is InChI=1S/C18H21N5/c1-22-16-7-3-2-6-15(16)21-18(22)17(14-5-4-8-20-13-14)23-11-9-19-10-12-23/h2-8,13,17,19H,9-12H2,1H3. The van der Waals surface area contributed by atoms with Crippen LogP contribution in [0, 0.1) is 0 Å². The third kappa shape index (κ3) is 2.62. The Labute approximate surface area is 136 Å². The van der Waals surface area contributed by atoms with Crippen molar-refractivity contribution < 1.29 is 0 Å². The SMILES string of the molecule is Cn1c(C(c2cccnc2)N2CCNCC2)nc2ccccc21. The van der Waals surface area contributed by atoms with Gasteiger partial charge in [0, 0.05) is 45.6 Å². The number of para-hydroxylation sites is 2. The number of piperazine rings is 1. The minimum absolute atomic E-state index is 0.142. The first-order valence-corrected chi connectivity index (χ1v) is 8.10. The van der Waals surface area contributed by atoms with Crippen molar-refractivity contribution in [3.05, 3.63) is 60.2 Å². The molecule has 5 heteroatoms. The summed E-state index contributed by atoms with van der Waals surface area (Å²) in [6.45, 7) is 4.06. The Morgan fingerprint density at radius 3 is 2.65 bits per heavy atom. The van der Waals surface area contributed by atoms with Gasteiger partial charge in [-0.15, -0.1) is 0 Å². The van der Waals surface area contributed by atoms with Crippen molar-refractivity contribution in [2.75, 3.05) is 26.2 Å². The fraction of sp³-hybridized carbons (Fsp3) is 0.333. The van der Waals surface area contributed by atoms with Crippen LogP contribution in [0.25, 0.3) is 11.0 Å². The van der Waals surface area contributed by atoms with Crippen molar-refractivity contribution in [2.24, 2.45) is 7.05 Å². The molecule has 0 amide bonds. The Morgan fingerprint density at radius 2 is 1.91 bits per heavy atom. The summed E-state index contributed by atoms with van der Waals surface area (Å²) in [6.07, 6.45) is 3.79. The molecule has 1 fully saturated rings. The van der Waals surface area contributed by atoms with E-state index in [-0.39, 0.29) is 6.04 Å². The van der Waals surface area contributed by atoms with Gasteiger partial charge >= 0.3 is 0 Å². The van der Waals surface area contributed by atoms with E-state index >= 15 is 0 Å². The number of rotatable bonds is 3. The molecule has 2 aromatic heterocycles. The second kappa shape index (κ2) is 6.10. The molecule has 3 heterocycles. The van der Waals surface area contributed by atoms with Gasteiger partial charge in [0.25, 0.3) is 0 Å². The first kappa shape index (κ1) is 14.4. The van der Waals surface area contributed by atoms with Gasteiger partial charge < -0.3 is 9.88 Å². The third-order valence-corrected chi connectivity index (χ3v) is 4.58. The lowest BCUT2D eigenvalue weighted by Crippen LogP contribution is -2.46. The summed E-state index contributed by atoms with van der Waals surface area (Å²) in [7, 11) is 2.11. The third-order valence-electron chi connectivity index (χ3n) is 4.58. The molecule has 1 aliphatic rings. The van der Waals surface area contributed by atoms with Crippen LogP contribution in [0.5, 0.6) is 0 Å². The Balaban J connectivity index is 1.84. The number of aryl methyl sites for hydroxylation is 1. The maximum atomic E-state index is 4.94. The lowest BCUT2D eigenvalue weighted by molar-refractivity contribution is 0.190. The van der Waals surface area contributed by atoms with Crippen LogP contribution in [0.1, 0.15) is 17.4 Å². The minimum Gasteiger partial charge on any atom is -0.329 e. The Kier molecular flexibility index (Phi) is 3.81. The number of benzene rings is 1. The molecule has 1 N–H and O–H groups in total. The van der Waals surface area contributed by atoms with E-state index in [9.17, 15) is 0 Å². The normalized spacial score (nSPS) is 17.4. The number of hydrogen-bond acceptors (Lipinski definition) is 4. The predicted molar refractivity (Wildman–Crippen MR) is 91.2 cm³/mol. The highest BCUT2D eigenvalue weighted by atomic mass is 15.2. The van der Waals surface area contributed by atoms with E-state index in [4.69, 9.17) is 4.98 Å². The van der Waals surface area contributed by atoms with Crippen LogP contribution < -0.4 is 5.32 Å². The summed E-state index contributed by atoms with van der Waals surface area (Å²) in [4.78, 5) is 11.8. The van der Waals surface area contributed by atoms with Gasteiger partial charge in [0.2, 0.25) is 0 Å². The number of nitrogens with one attached hydrogen (secondary N) is 1. The molecule has 0 bridgehead atoms. The Hall–Kier alpha value is -2.24. The molecule has 0 radical (unpaired) electrons. The second-order valence-corrected chi connectivity index (χ2v) is 5.99. The number of nitrogens with zero attached hydrogens (tertiary/aromatic N) is 4. The van der Waals surface area contributed by atoms with Crippen LogP contribution in [-0.2, 0) is 7.05 Å². The summed E-state index contributed by atoms with van der Waals surface area (Å²) < 4.78 is 2.22. The molecule has 0 saturated carbocycles. The highest BCUT2D eigenvalue weighted by Crippen LogP contribution is 2.29. The predicted octanol–water partition coefficient (Wildman–Crippen LogP) is 1.96. The molecule has 1 atom stereocenters. The zero-order valence-electron chi connectivity index (χ0n) is 13.3. The van der Waals surface area contributed by atoms with Gasteiger partial charge in [-0.25, -0.2) is 4.98 Å². The lowest BCUT2D eigenvalue weighted by Gasteiger charge is -2.34. The van der Waals surface area contributed by atoms with E-state index < -0.39 is 0 Å². The van der Waals surface area contributed by atoms with Crippen LogP contribution in [0.3, 0.4) is 0 Å². The lowest BCUT2D eigenvalue weighted by atomic mass is 10.1. The molecular weight excluding hydrogens is 286 g/mol. The largest absolute Gasteiger partial charge is 0.329 e. The van der Waals surface area contributed by atoms with Crippen LogP contribution in [0.4, 0.5) is 0 Å². The van der Waals surface area contributed by atoms with E-state index in [1.807, 2.05) is 24.5 Å². The van der Waals surface area contributed by atoms with E-state index in [1.165, 1.54) is 11.1 Å². The summed E-state index contributed by atoms with van der Waals surface area (Å²) in [5.41, 5.74) is 3.42. The highest BCUT2D eigenvalue weighted by Gasteiger charge is 2.28. The molecular formula is C18H21N5. The first-order valence-electron chi connectivity index (χ1n) is 8.10. The molecule has 1 aromatic carbocycles.